The summed E-state index contributed by atoms with van der Waals surface area (Å²) in [4.78, 5) is 24.0. The van der Waals surface area contributed by atoms with Crippen LogP contribution in [0.5, 0.6) is 0 Å². The largest absolute Gasteiger partial charge is 0.353 e. The number of piperazine rings is 1. The van der Waals surface area contributed by atoms with E-state index < -0.39 is 14.9 Å². The normalized spacial score (nSPS) is 15.2. The molecule has 1 saturated heterocycles. The molecule has 1 N–H and O–H groups in total. The SMILES string of the molecule is CCN1CCN(c2ncnc(Nc3ccc(S(=O)(=O)N(CC)CC)cc3)c2[N+](=O)[O-])CC1. The number of rotatable bonds is 9. The quantitative estimate of drug-likeness (QED) is 0.440. The predicted octanol–water partition coefficient (Wildman–Crippen LogP) is 2.30. The highest BCUT2D eigenvalue weighted by atomic mass is 32.2. The monoisotopic (exact) mass is 463 g/mol. The van der Waals surface area contributed by atoms with Crippen LogP contribution in [0.25, 0.3) is 0 Å². The molecule has 0 amide bonds. The third kappa shape index (κ3) is 4.97. The number of nitro groups is 1. The number of nitrogens with one attached hydrogen (secondary N) is 1. The summed E-state index contributed by atoms with van der Waals surface area (Å²) in [6.45, 7) is 10.2. The zero-order valence-electron chi connectivity index (χ0n) is 18.6. The zero-order valence-corrected chi connectivity index (χ0v) is 19.4. The highest BCUT2D eigenvalue weighted by Gasteiger charge is 2.29. The molecule has 0 bridgehead atoms. The Morgan fingerprint density at radius 3 is 2.22 bits per heavy atom. The smallest absolute Gasteiger partial charge is 0.348 e. The molecule has 174 valence electrons. The Morgan fingerprint density at radius 2 is 1.69 bits per heavy atom. The van der Waals surface area contributed by atoms with Gasteiger partial charge in [0.15, 0.2) is 0 Å². The van der Waals surface area contributed by atoms with Gasteiger partial charge in [0.1, 0.15) is 6.33 Å². The lowest BCUT2D eigenvalue weighted by Gasteiger charge is -2.34. The lowest BCUT2D eigenvalue weighted by Crippen LogP contribution is -2.46. The number of sulfonamides is 1. The molecule has 1 aromatic heterocycles. The molecule has 0 saturated carbocycles. The summed E-state index contributed by atoms with van der Waals surface area (Å²) in [7, 11) is -3.58. The molecular weight excluding hydrogens is 434 g/mol. The van der Waals surface area contributed by atoms with E-state index in [1.54, 1.807) is 26.0 Å². The number of anilines is 3. The molecule has 0 aliphatic carbocycles. The standard InChI is InChI=1S/C20H29N7O4S/c1-4-24-11-13-25(14-12-24)20-18(27(28)29)19(21-15-22-20)23-16-7-9-17(10-8-16)32(30,31)26(5-2)6-3/h7-10,15H,4-6,11-14H2,1-3H3,(H,21,22,23). The Bertz CT molecular complexity index is 1030. The van der Waals surface area contributed by atoms with Crippen LogP contribution < -0.4 is 10.2 Å². The Morgan fingerprint density at radius 1 is 1.06 bits per heavy atom. The Labute approximate surface area is 188 Å². The summed E-state index contributed by atoms with van der Waals surface area (Å²) in [6, 6.07) is 6.10. The predicted molar refractivity (Wildman–Crippen MR) is 123 cm³/mol. The maximum Gasteiger partial charge on any atom is 0.353 e. The second-order valence-electron chi connectivity index (χ2n) is 7.31. The molecule has 1 aliphatic rings. The topological polar surface area (TPSA) is 125 Å². The van der Waals surface area contributed by atoms with Gasteiger partial charge in [-0.1, -0.05) is 20.8 Å². The van der Waals surface area contributed by atoms with E-state index in [1.165, 1.54) is 22.8 Å². The first-order chi connectivity index (χ1) is 15.3. The van der Waals surface area contributed by atoms with E-state index in [4.69, 9.17) is 0 Å². The molecule has 3 rings (SSSR count). The van der Waals surface area contributed by atoms with Crippen molar-refractivity contribution in [3.63, 3.8) is 0 Å². The summed E-state index contributed by atoms with van der Waals surface area (Å²) in [5.41, 5.74) is 0.296. The zero-order chi connectivity index (χ0) is 23.3. The summed E-state index contributed by atoms with van der Waals surface area (Å²) in [5, 5.41) is 14.8. The maximum atomic E-state index is 12.7. The van der Waals surface area contributed by atoms with Crippen molar-refractivity contribution >= 4 is 33.0 Å². The number of nitrogens with zero attached hydrogens (tertiary/aromatic N) is 6. The van der Waals surface area contributed by atoms with Crippen molar-refractivity contribution in [2.24, 2.45) is 0 Å². The molecule has 32 heavy (non-hydrogen) atoms. The molecule has 1 aromatic carbocycles. The van der Waals surface area contributed by atoms with E-state index in [1.807, 2.05) is 4.90 Å². The molecule has 0 radical (unpaired) electrons. The van der Waals surface area contributed by atoms with E-state index in [2.05, 4.69) is 27.1 Å². The first kappa shape index (κ1) is 23.8. The third-order valence-corrected chi connectivity index (χ3v) is 7.63. The highest BCUT2D eigenvalue weighted by Crippen LogP contribution is 2.34. The molecule has 0 atom stereocenters. The molecule has 2 aromatic rings. The van der Waals surface area contributed by atoms with Gasteiger partial charge in [0, 0.05) is 45.0 Å². The van der Waals surface area contributed by atoms with Gasteiger partial charge in [-0.05, 0) is 30.8 Å². The van der Waals surface area contributed by atoms with Crippen molar-refractivity contribution < 1.29 is 13.3 Å². The lowest BCUT2D eigenvalue weighted by atomic mass is 10.2. The van der Waals surface area contributed by atoms with Crippen LogP contribution in [0.3, 0.4) is 0 Å². The van der Waals surface area contributed by atoms with Crippen LogP contribution in [-0.4, -0.2) is 78.3 Å². The molecule has 2 heterocycles. The summed E-state index contributed by atoms with van der Waals surface area (Å²) in [6.07, 6.45) is 1.30. The van der Waals surface area contributed by atoms with E-state index in [0.717, 1.165) is 19.6 Å². The van der Waals surface area contributed by atoms with Crippen molar-refractivity contribution in [1.82, 2.24) is 19.2 Å². The summed E-state index contributed by atoms with van der Waals surface area (Å²) >= 11 is 0. The number of likely N-dealkylation sites (N-methyl/N-ethyl adjacent to an activating group) is 1. The Hall–Kier alpha value is -2.83. The maximum absolute atomic E-state index is 12.7. The number of hydrogen-bond acceptors (Lipinski definition) is 9. The molecule has 0 unspecified atom stereocenters. The van der Waals surface area contributed by atoms with Crippen LogP contribution in [0.2, 0.25) is 0 Å². The van der Waals surface area contributed by atoms with Gasteiger partial charge < -0.3 is 15.1 Å². The van der Waals surface area contributed by atoms with Gasteiger partial charge in [0.2, 0.25) is 21.7 Å². The molecule has 1 fully saturated rings. The second kappa shape index (κ2) is 10.2. The van der Waals surface area contributed by atoms with Gasteiger partial charge in [-0.15, -0.1) is 0 Å². The number of hydrogen-bond donors (Lipinski definition) is 1. The fourth-order valence-electron chi connectivity index (χ4n) is 3.70. The van der Waals surface area contributed by atoms with Crippen molar-refractivity contribution in [2.45, 2.75) is 25.7 Å². The van der Waals surface area contributed by atoms with Gasteiger partial charge in [-0.3, -0.25) is 10.1 Å². The van der Waals surface area contributed by atoms with Crippen molar-refractivity contribution in [2.75, 3.05) is 56.0 Å². The Balaban J connectivity index is 1.86. The van der Waals surface area contributed by atoms with Gasteiger partial charge in [-0.2, -0.15) is 4.31 Å². The van der Waals surface area contributed by atoms with Crippen LogP contribution in [0.15, 0.2) is 35.5 Å². The number of benzene rings is 1. The van der Waals surface area contributed by atoms with Gasteiger partial charge in [-0.25, -0.2) is 18.4 Å². The van der Waals surface area contributed by atoms with Crippen LogP contribution in [0, 0.1) is 10.1 Å². The molecule has 11 nitrogen and oxygen atoms in total. The van der Waals surface area contributed by atoms with Crippen LogP contribution in [0.1, 0.15) is 20.8 Å². The van der Waals surface area contributed by atoms with Gasteiger partial charge >= 0.3 is 5.69 Å². The summed E-state index contributed by atoms with van der Waals surface area (Å²) < 4.78 is 26.7. The van der Waals surface area contributed by atoms with Crippen molar-refractivity contribution in [1.29, 1.82) is 0 Å². The minimum absolute atomic E-state index is 0.0669. The van der Waals surface area contributed by atoms with E-state index >= 15 is 0 Å². The third-order valence-electron chi connectivity index (χ3n) is 5.56. The second-order valence-corrected chi connectivity index (χ2v) is 9.25. The van der Waals surface area contributed by atoms with Crippen LogP contribution in [0.4, 0.5) is 23.0 Å². The Kier molecular flexibility index (Phi) is 7.59. The van der Waals surface area contributed by atoms with E-state index in [0.29, 0.717) is 31.9 Å². The fourth-order valence-corrected chi connectivity index (χ4v) is 5.15. The summed E-state index contributed by atoms with van der Waals surface area (Å²) in [5.74, 6) is 0.348. The average Bonchev–Trinajstić information content (AvgIpc) is 2.80. The van der Waals surface area contributed by atoms with Crippen LogP contribution >= 0.6 is 0 Å². The average molecular weight is 464 g/mol. The first-order valence-corrected chi connectivity index (χ1v) is 12.1. The minimum Gasteiger partial charge on any atom is -0.348 e. The highest BCUT2D eigenvalue weighted by molar-refractivity contribution is 7.89. The fraction of sp³-hybridized carbons (Fsp3) is 0.500. The van der Waals surface area contributed by atoms with E-state index in [9.17, 15) is 18.5 Å². The van der Waals surface area contributed by atoms with Crippen molar-refractivity contribution in [3.05, 3.63) is 40.7 Å². The lowest BCUT2D eigenvalue weighted by molar-refractivity contribution is -0.383. The minimum atomic E-state index is -3.58. The molecule has 0 spiro atoms. The molecular formula is C20H29N7O4S. The van der Waals surface area contributed by atoms with Gasteiger partial charge in [0.25, 0.3) is 0 Å². The first-order valence-electron chi connectivity index (χ1n) is 10.7. The van der Waals surface area contributed by atoms with E-state index in [-0.39, 0.29) is 22.2 Å². The van der Waals surface area contributed by atoms with Gasteiger partial charge in [0.05, 0.1) is 9.82 Å². The number of aromatic nitrogens is 2. The van der Waals surface area contributed by atoms with Crippen molar-refractivity contribution in [3.8, 4) is 0 Å². The molecule has 1 aliphatic heterocycles. The molecule has 12 heteroatoms. The van der Waals surface area contributed by atoms with Crippen LogP contribution in [-0.2, 0) is 10.0 Å².